The molecule has 1 unspecified atom stereocenters. The van der Waals surface area contributed by atoms with E-state index in [1.165, 1.54) is 5.56 Å². The summed E-state index contributed by atoms with van der Waals surface area (Å²) in [4.78, 5) is 23.6. The van der Waals surface area contributed by atoms with Crippen molar-refractivity contribution >= 4 is 38.1 Å². The summed E-state index contributed by atoms with van der Waals surface area (Å²) in [6, 6.07) is 5.16. The molecule has 22 heavy (non-hydrogen) atoms. The highest BCUT2D eigenvalue weighted by atomic mass is 32.1. The number of nitrogens with one attached hydrogen (secondary N) is 1. The van der Waals surface area contributed by atoms with Gasteiger partial charge >= 0.3 is 0 Å². The van der Waals surface area contributed by atoms with Gasteiger partial charge in [0.05, 0.1) is 16.5 Å². The Morgan fingerprint density at radius 2 is 2.09 bits per heavy atom. The van der Waals surface area contributed by atoms with Gasteiger partial charge in [0.1, 0.15) is 0 Å². The number of hydrogen-bond donors (Lipinski definition) is 2. The van der Waals surface area contributed by atoms with Crippen LogP contribution in [0.25, 0.3) is 6.08 Å². The molecule has 0 saturated carbocycles. The predicted octanol–water partition coefficient (Wildman–Crippen LogP) is 2.32. The van der Waals surface area contributed by atoms with Crippen molar-refractivity contribution in [3.05, 3.63) is 41.5 Å². The lowest BCUT2D eigenvalue weighted by Gasteiger charge is -2.23. The molecule has 1 aromatic rings. The van der Waals surface area contributed by atoms with Gasteiger partial charge in [0.15, 0.2) is 7.85 Å². The fourth-order valence-electron chi connectivity index (χ4n) is 2.08. The standard InChI is InChI=1S/C17H22BNO2S/c1-5-12-8-7-11(9-13(12)6-2)10-14(15(18)20)19-16(21)17(3,4)22/h6-9,14,22H,2,5,10H2,1,3-4H3,(H,19,21). The van der Waals surface area contributed by atoms with Gasteiger partial charge < -0.3 is 10.1 Å². The van der Waals surface area contributed by atoms with Crippen molar-refractivity contribution in [2.45, 2.75) is 44.4 Å². The van der Waals surface area contributed by atoms with Crippen LogP contribution in [0, 0.1) is 0 Å². The first kappa shape index (κ1) is 18.6. The summed E-state index contributed by atoms with van der Waals surface area (Å²) >= 11 is 4.20. The van der Waals surface area contributed by atoms with Gasteiger partial charge in [-0.1, -0.05) is 37.8 Å². The molecule has 1 N–H and O–H groups in total. The second-order valence-electron chi connectivity index (χ2n) is 5.78. The van der Waals surface area contributed by atoms with Crippen LogP contribution < -0.4 is 5.32 Å². The molecule has 116 valence electrons. The average molecular weight is 315 g/mol. The first-order chi connectivity index (χ1) is 10.2. The Morgan fingerprint density at radius 3 is 2.55 bits per heavy atom. The zero-order valence-corrected chi connectivity index (χ0v) is 14.2. The maximum Gasteiger partial charge on any atom is 0.235 e. The highest BCUT2D eigenvalue weighted by Crippen LogP contribution is 2.17. The van der Waals surface area contributed by atoms with Gasteiger partial charge in [-0.2, -0.15) is 12.6 Å². The number of aryl methyl sites for hydroxylation is 1. The molecule has 0 fully saturated rings. The second-order valence-corrected chi connectivity index (χ2v) is 6.90. The molecular weight excluding hydrogens is 293 g/mol. The van der Waals surface area contributed by atoms with Gasteiger partial charge in [-0.25, -0.2) is 0 Å². The van der Waals surface area contributed by atoms with E-state index in [-0.39, 0.29) is 5.91 Å². The molecule has 3 nitrogen and oxygen atoms in total. The van der Waals surface area contributed by atoms with Gasteiger partial charge in [-0.05, 0) is 43.4 Å². The van der Waals surface area contributed by atoms with Gasteiger partial charge in [0, 0.05) is 0 Å². The lowest BCUT2D eigenvalue weighted by Crippen LogP contribution is -2.48. The normalized spacial score (nSPS) is 12.5. The average Bonchev–Trinajstić information content (AvgIpc) is 2.45. The minimum atomic E-state index is -0.869. The van der Waals surface area contributed by atoms with Gasteiger partial charge in [-0.15, -0.1) is 0 Å². The third kappa shape index (κ3) is 5.06. The minimum absolute atomic E-state index is 0.325. The first-order valence-corrected chi connectivity index (χ1v) is 7.70. The largest absolute Gasteiger partial charge is 0.346 e. The molecule has 1 atom stereocenters. The van der Waals surface area contributed by atoms with Crippen molar-refractivity contribution in [1.82, 2.24) is 5.32 Å². The van der Waals surface area contributed by atoms with Crippen LogP contribution in [0.15, 0.2) is 24.8 Å². The summed E-state index contributed by atoms with van der Waals surface area (Å²) in [6.07, 6.45) is 3.04. The Hall–Kier alpha value is -1.49. The van der Waals surface area contributed by atoms with Crippen molar-refractivity contribution in [1.29, 1.82) is 0 Å². The van der Waals surface area contributed by atoms with Crippen LogP contribution in [-0.2, 0) is 22.4 Å². The molecule has 0 aliphatic heterocycles. The molecule has 0 heterocycles. The smallest absolute Gasteiger partial charge is 0.235 e. The fourth-order valence-corrected chi connectivity index (χ4v) is 2.14. The number of carbonyl (C=O) groups excluding carboxylic acids is 2. The highest BCUT2D eigenvalue weighted by Gasteiger charge is 2.26. The molecule has 2 radical (unpaired) electrons. The maximum absolute atomic E-state index is 12.0. The molecule has 1 rings (SSSR count). The summed E-state index contributed by atoms with van der Waals surface area (Å²) in [5, 5.41) is 2.66. The summed E-state index contributed by atoms with van der Waals surface area (Å²) in [7, 11) is 5.40. The predicted molar refractivity (Wildman–Crippen MR) is 95.4 cm³/mol. The Kier molecular flexibility index (Phi) is 6.48. The lowest BCUT2D eigenvalue weighted by atomic mass is 9.89. The van der Waals surface area contributed by atoms with Crippen LogP contribution in [0.2, 0.25) is 0 Å². The van der Waals surface area contributed by atoms with Crippen molar-refractivity contribution < 1.29 is 9.59 Å². The van der Waals surface area contributed by atoms with Gasteiger partial charge in [0.2, 0.25) is 5.91 Å². The molecule has 0 bridgehead atoms. The van der Waals surface area contributed by atoms with Crippen LogP contribution in [0.3, 0.4) is 0 Å². The number of carbonyl (C=O) groups is 2. The monoisotopic (exact) mass is 315 g/mol. The van der Waals surface area contributed by atoms with E-state index in [0.29, 0.717) is 6.42 Å². The van der Waals surface area contributed by atoms with Gasteiger partial charge in [0.25, 0.3) is 0 Å². The van der Waals surface area contributed by atoms with Gasteiger partial charge in [-0.3, -0.25) is 4.79 Å². The third-order valence-electron chi connectivity index (χ3n) is 3.46. The number of amides is 1. The second kappa shape index (κ2) is 7.68. The van der Waals surface area contributed by atoms with Crippen molar-refractivity contribution in [3.8, 4) is 0 Å². The molecule has 0 aliphatic rings. The van der Waals surface area contributed by atoms with E-state index >= 15 is 0 Å². The van der Waals surface area contributed by atoms with E-state index in [0.717, 1.165) is 17.5 Å². The number of benzene rings is 1. The Morgan fingerprint density at radius 1 is 1.45 bits per heavy atom. The molecule has 0 aromatic heterocycles. The zero-order chi connectivity index (χ0) is 16.9. The molecule has 1 amide bonds. The first-order valence-electron chi connectivity index (χ1n) is 7.26. The van der Waals surface area contributed by atoms with Crippen LogP contribution in [0.4, 0.5) is 0 Å². The van der Waals surface area contributed by atoms with E-state index in [1.54, 1.807) is 19.9 Å². The topological polar surface area (TPSA) is 46.2 Å². The van der Waals surface area contributed by atoms with Crippen LogP contribution in [0.1, 0.15) is 37.5 Å². The van der Waals surface area contributed by atoms with E-state index in [9.17, 15) is 9.59 Å². The van der Waals surface area contributed by atoms with Crippen LogP contribution >= 0.6 is 12.6 Å². The van der Waals surface area contributed by atoms with E-state index < -0.39 is 16.5 Å². The van der Waals surface area contributed by atoms with E-state index in [2.05, 4.69) is 31.4 Å². The van der Waals surface area contributed by atoms with Crippen LogP contribution in [0.5, 0.6) is 0 Å². The number of rotatable bonds is 7. The van der Waals surface area contributed by atoms with E-state index in [4.69, 9.17) is 7.85 Å². The third-order valence-corrected chi connectivity index (χ3v) is 3.66. The highest BCUT2D eigenvalue weighted by molar-refractivity contribution is 7.82. The van der Waals surface area contributed by atoms with Crippen molar-refractivity contribution in [3.63, 3.8) is 0 Å². The summed E-state index contributed by atoms with van der Waals surface area (Å²) in [5.74, 6) is -0.325. The molecular formula is C17H22BNO2S. The summed E-state index contributed by atoms with van der Waals surface area (Å²) in [5.41, 5.74) is 2.58. The number of hydrogen-bond acceptors (Lipinski definition) is 3. The summed E-state index contributed by atoms with van der Waals surface area (Å²) < 4.78 is -0.869. The quantitative estimate of drug-likeness (QED) is 0.599. The lowest BCUT2D eigenvalue weighted by molar-refractivity contribution is -0.126. The van der Waals surface area contributed by atoms with Crippen molar-refractivity contribution in [2.75, 3.05) is 0 Å². The van der Waals surface area contributed by atoms with Crippen LogP contribution in [-0.4, -0.2) is 30.2 Å². The Balaban J connectivity index is 2.95. The molecule has 1 aromatic carbocycles. The molecule has 5 heteroatoms. The fraction of sp³-hybridized carbons (Fsp3) is 0.412. The van der Waals surface area contributed by atoms with Crippen molar-refractivity contribution in [2.24, 2.45) is 0 Å². The molecule has 0 saturated heterocycles. The molecule has 0 spiro atoms. The zero-order valence-electron chi connectivity index (χ0n) is 13.3. The summed E-state index contributed by atoms with van der Waals surface area (Å²) in [6.45, 7) is 9.20. The SMILES string of the molecule is [B]C(=O)C(Cc1ccc(CC)c(C=C)c1)NC(=O)C(C)(C)S. The minimum Gasteiger partial charge on any atom is -0.346 e. The number of thiol groups is 1. The maximum atomic E-state index is 12.0. The Labute approximate surface area is 139 Å². The Bertz CT molecular complexity index is 579. The molecule has 0 aliphatic carbocycles. The van der Waals surface area contributed by atoms with E-state index in [1.807, 2.05) is 18.2 Å².